The van der Waals surface area contributed by atoms with Crippen molar-refractivity contribution in [2.75, 3.05) is 6.54 Å². The Balaban J connectivity index is 1.69. The van der Waals surface area contributed by atoms with Crippen LogP contribution in [-0.4, -0.2) is 29.4 Å². The number of nitrogens with two attached hydrogens (primary N) is 1. The van der Waals surface area contributed by atoms with Crippen molar-refractivity contribution in [1.82, 2.24) is 4.90 Å². The number of hydrogen-bond acceptors (Lipinski definition) is 3. The number of furan rings is 1. The molecule has 4 nitrogen and oxygen atoms in total. The number of likely N-dealkylation sites (tertiary alicyclic amines) is 1. The van der Waals surface area contributed by atoms with Crippen molar-refractivity contribution in [3.63, 3.8) is 0 Å². The molecule has 3 atom stereocenters. The van der Waals surface area contributed by atoms with E-state index < -0.39 is 0 Å². The van der Waals surface area contributed by atoms with Crippen molar-refractivity contribution in [3.8, 4) is 0 Å². The van der Waals surface area contributed by atoms with Crippen molar-refractivity contribution < 1.29 is 9.21 Å². The molecule has 1 aromatic carbocycles. The van der Waals surface area contributed by atoms with Crippen LogP contribution in [0.5, 0.6) is 0 Å². The van der Waals surface area contributed by atoms with E-state index in [1.165, 1.54) is 0 Å². The van der Waals surface area contributed by atoms with E-state index in [0.717, 1.165) is 23.8 Å². The van der Waals surface area contributed by atoms with Crippen LogP contribution < -0.4 is 5.73 Å². The predicted octanol–water partition coefficient (Wildman–Crippen LogP) is 1.99. The summed E-state index contributed by atoms with van der Waals surface area (Å²) >= 11 is 0. The molecular weight excluding hydrogens is 240 g/mol. The molecule has 2 aromatic rings. The Bertz CT molecular complexity index is 615. The molecule has 19 heavy (non-hydrogen) atoms. The molecule has 4 heteroatoms. The molecular formula is C15H16N2O2. The van der Waals surface area contributed by atoms with Crippen molar-refractivity contribution in [1.29, 1.82) is 0 Å². The summed E-state index contributed by atoms with van der Waals surface area (Å²) in [6.07, 6.45) is 2.18. The van der Waals surface area contributed by atoms with Gasteiger partial charge in [0.1, 0.15) is 5.58 Å². The second-order valence-electron chi connectivity index (χ2n) is 5.55. The Morgan fingerprint density at radius 1 is 1.37 bits per heavy atom. The normalized spacial score (nSPS) is 28.7. The average Bonchev–Trinajstić information content (AvgIpc) is 2.91. The number of fused-ring (bicyclic) bond motifs is 2. The van der Waals surface area contributed by atoms with Gasteiger partial charge in [-0.25, -0.2) is 0 Å². The van der Waals surface area contributed by atoms with Crippen LogP contribution in [0.4, 0.5) is 0 Å². The van der Waals surface area contributed by atoms with E-state index in [2.05, 4.69) is 0 Å². The SMILES string of the molecule is NCC1CC2CC2N1C(=O)c1cc2ccccc2o1. The molecule has 2 heterocycles. The van der Waals surface area contributed by atoms with Gasteiger partial charge in [-0.1, -0.05) is 18.2 Å². The zero-order valence-electron chi connectivity index (χ0n) is 10.6. The summed E-state index contributed by atoms with van der Waals surface area (Å²) in [6, 6.07) is 10.1. The lowest BCUT2D eigenvalue weighted by Crippen LogP contribution is -2.42. The molecule has 1 amide bonds. The first kappa shape index (κ1) is 11.1. The second kappa shape index (κ2) is 3.84. The molecule has 1 aromatic heterocycles. The Morgan fingerprint density at radius 3 is 3.00 bits per heavy atom. The van der Waals surface area contributed by atoms with Crippen molar-refractivity contribution in [2.45, 2.75) is 24.9 Å². The van der Waals surface area contributed by atoms with Gasteiger partial charge in [-0.15, -0.1) is 0 Å². The van der Waals surface area contributed by atoms with E-state index in [-0.39, 0.29) is 11.9 Å². The van der Waals surface area contributed by atoms with Crippen LogP contribution in [0, 0.1) is 5.92 Å². The number of hydrogen-bond donors (Lipinski definition) is 1. The highest BCUT2D eigenvalue weighted by molar-refractivity contribution is 5.96. The molecule has 2 fully saturated rings. The summed E-state index contributed by atoms with van der Waals surface area (Å²) in [7, 11) is 0. The molecule has 1 saturated carbocycles. The summed E-state index contributed by atoms with van der Waals surface area (Å²) in [4.78, 5) is 14.5. The van der Waals surface area contributed by atoms with E-state index in [1.807, 2.05) is 35.2 Å². The predicted molar refractivity (Wildman–Crippen MR) is 71.7 cm³/mol. The van der Waals surface area contributed by atoms with E-state index in [4.69, 9.17) is 10.2 Å². The maximum absolute atomic E-state index is 12.6. The molecule has 0 radical (unpaired) electrons. The quantitative estimate of drug-likeness (QED) is 0.894. The number of rotatable bonds is 2. The number of amides is 1. The van der Waals surface area contributed by atoms with E-state index in [1.54, 1.807) is 0 Å². The summed E-state index contributed by atoms with van der Waals surface area (Å²) in [5, 5.41) is 0.974. The minimum atomic E-state index is -0.00310. The largest absolute Gasteiger partial charge is 0.451 e. The van der Waals surface area contributed by atoms with Crippen molar-refractivity contribution in [3.05, 3.63) is 36.1 Å². The molecule has 0 spiro atoms. The van der Waals surface area contributed by atoms with Gasteiger partial charge in [0.25, 0.3) is 5.91 Å². The van der Waals surface area contributed by atoms with Gasteiger partial charge in [0.05, 0.1) is 0 Å². The third-order valence-electron chi connectivity index (χ3n) is 4.35. The van der Waals surface area contributed by atoms with E-state index in [9.17, 15) is 4.79 Å². The highest BCUT2D eigenvalue weighted by Gasteiger charge is 2.53. The monoisotopic (exact) mass is 256 g/mol. The number of para-hydroxylation sites is 1. The van der Waals surface area contributed by atoms with Gasteiger partial charge in [0.15, 0.2) is 5.76 Å². The van der Waals surface area contributed by atoms with Crippen LogP contribution in [0.2, 0.25) is 0 Å². The third kappa shape index (κ3) is 1.60. The van der Waals surface area contributed by atoms with Gasteiger partial charge >= 0.3 is 0 Å². The molecule has 2 aliphatic rings. The van der Waals surface area contributed by atoms with Gasteiger partial charge in [-0.05, 0) is 30.9 Å². The first-order valence-electron chi connectivity index (χ1n) is 6.79. The molecule has 0 bridgehead atoms. The van der Waals surface area contributed by atoms with Crippen LogP contribution in [0.15, 0.2) is 34.7 Å². The number of nitrogens with zero attached hydrogens (tertiary/aromatic N) is 1. The first-order valence-corrected chi connectivity index (χ1v) is 6.79. The van der Waals surface area contributed by atoms with Crippen LogP contribution in [0.25, 0.3) is 11.0 Å². The zero-order valence-corrected chi connectivity index (χ0v) is 10.6. The minimum Gasteiger partial charge on any atom is -0.451 e. The lowest BCUT2D eigenvalue weighted by molar-refractivity contribution is 0.0675. The second-order valence-corrected chi connectivity index (χ2v) is 5.55. The maximum atomic E-state index is 12.6. The fourth-order valence-electron chi connectivity index (χ4n) is 3.30. The highest BCUT2D eigenvalue weighted by Crippen LogP contribution is 2.48. The molecule has 4 rings (SSSR count). The molecule has 3 unspecified atom stereocenters. The van der Waals surface area contributed by atoms with Crippen molar-refractivity contribution >= 4 is 16.9 Å². The summed E-state index contributed by atoms with van der Waals surface area (Å²) in [5.41, 5.74) is 6.54. The van der Waals surface area contributed by atoms with E-state index in [0.29, 0.717) is 24.3 Å². The van der Waals surface area contributed by atoms with Crippen LogP contribution in [-0.2, 0) is 0 Å². The van der Waals surface area contributed by atoms with Gasteiger partial charge in [0, 0.05) is 24.0 Å². The topological polar surface area (TPSA) is 59.5 Å². The minimum absolute atomic E-state index is 0.00310. The summed E-state index contributed by atoms with van der Waals surface area (Å²) in [6.45, 7) is 0.541. The molecule has 2 N–H and O–H groups in total. The number of carbonyl (C=O) groups is 1. The fourth-order valence-corrected chi connectivity index (χ4v) is 3.30. The Morgan fingerprint density at radius 2 is 2.21 bits per heavy atom. The lowest BCUT2D eigenvalue weighted by atomic mass is 10.1. The van der Waals surface area contributed by atoms with Crippen LogP contribution >= 0.6 is 0 Å². The smallest absolute Gasteiger partial charge is 0.290 e. The van der Waals surface area contributed by atoms with Gasteiger partial charge in [-0.3, -0.25) is 4.79 Å². The summed E-state index contributed by atoms with van der Waals surface area (Å²) < 4.78 is 5.67. The summed E-state index contributed by atoms with van der Waals surface area (Å²) in [5.74, 6) is 1.10. The Kier molecular flexibility index (Phi) is 2.23. The molecule has 1 saturated heterocycles. The van der Waals surface area contributed by atoms with Crippen molar-refractivity contribution in [2.24, 2.45) is 11.7 Å². The first-order chi connectivity index (χ1) is 9.28. The Labute approximate surface area is 111 Å². The number of benzene rings is 1. The average molecular weight is 256 g/mol. The van der Waals surface area contributed by atoms with Gasteiger partial charge < -0.3 is 15.1 Å². The number of piperidine rings is 1. The van der Waals surface area contributed by atoms with Crippen LogP contribution in [0.1, 0.15) is 23.4 Å². The molecule has 98 valence electrons. The van der Waals surface area contributed by atoms with Gasteiger partial charge in [0.2, 0.25) is 0 Å². The molecule has 1 aliphatic carbocycles. The highest BCUT2D eigenvalue weighted by atomic mass is 16.3. The van der Waals surface area contributed by atoms with E-state index >= 15 is 0 Å². The van der Waals surface area contributed by atoms with Gasteiger partial charge in [-0.2, -0.15) is 0 Å². The standard InChI is InChI=1S/C15H16N2O2/c16-8-11-5-10-6-12(10)17(11)15(18)14-7-9-3-1-2-4-13(9)19-14/h1-4,7,10-12H,5-6,8,16H2. The fraction of sp³-hybridized carbons (Fsp3) is 0.400. The Hall–Kier alpha value is -1.81. The maximum Gasteiger partial charge on any atom is 0.290 e. The lowest BCUT2D eigenvalue weighted by Gasteiger charge is -2.25. The zero-order chi connectivity index (χ0) is 13.0. The van der Waals surface area contributed by atoms with Crippen LogP contribution in [0.3, 0.4) is 0 Å². The third-order valence-corrected chi connectivity index (χ3v) is 4.35. The number of carbonyl (C=O) groups excluding carboxylic acids is 1. The molecule has 1 aliphatic heterocycles.